The third-order valence-corrected chi connectivity index (χ3v) is 7.79. The predicted octanol–water partition coefficient (Wildman–Crippen LogP) is 8.28. The summed E-state index contributed by atoms with van der Waals surface area (Å²) in [4.78, 5) is 24.6. The maximum atomic E-state index is 14.8. The van der Waals surface area contributed by atoms with Gasteiger partial charge in [-0.1, -0.05) is 60.1 Å². The van der Waals surface area contributed by atoms with E-state index in [1.165, 1.54) is 12.1 Å². The number of Topliss-reactive ketones (excluding diaryl/α,β-unsaturated/α-hetero) is 1. The van der Waals surface area contributed by atoms with Crippen LogP contribution in [0.15, 0.2) is 36.4 Å². The first kappa shape index (κ1) is 27.9. The number of halogens is 1. The van der Waals surface area contributed by atoms with Crippen LogP contribution >= 0.6 is 0 Å². The first-order valence-corrected chi connectivity index (χ1v) is 13.3. The van der Waals surface area contributed by atoms with Gasteiger partial charge in [-0.15, -0.1) is 0 Å². The van der Waals surface area contributed by atoms with E-state index in [0.717, 1.165) is 32.1 Å². The number of hydrogen-bond acceptors (Lipinski definition) is 3. The summed E-state index contributed by atoms with van der Waals surface area (Å²) in [5.74, 6) is -0.199. The van der Waals surface area contributed by atoms with E-state index in [0.29, 0.717) is 34.6 Å². The quantitative estimate of drug-likeness (QED) is 0.340. The summed E-state index contributed by atoms with van der Waals surface area (Å²) < 4.78 is 21.2. The Kier molecular flexibility index (Phi) is 8.97. The molecule has 5 heteroatoms. The third-order valence-electron chi connectivity index (χ3n) is 7.79. The van der Waals surface area contributed by atoms with Crippen molar-refractivity contribution in [2.75, 3.05) is 0 Å². The molecule has 0 saturated heterocycles. The molecule has 2 aromatic rings. The zero-order chi connectivity index (χ0) is 26.6. The van der Waals surface area contributed by atoms with Crippen LogP contribution in [0.3, 0.4) is 0 Å². The van der Waals surface area contributed by atoms with Gasteiger partial charge in [-0.25, -0.2) is 9.18 Å². The molecule has 3 rings (SSSR count). The fraction of sp³-hybridized carbons (Fsp3) is 0.548. The molecule has 4 nitrogen and oxygen atoms in total. The molecule has 1 fully saturated rings. The molecule has 1 saturated carbocycles. The van der Waals surface area contributed by atoms with Crippen LogP contribution in [-0.2, 0) is 4.79 Å². The summed E-state index contributed by atoms with van der Waals surface area (Å²) in [6.07, 6.45) is 5.03. The van der Waals surface area contributed by atoms with Gasteiger partial charge in [-0.2, -0.15) is 0 Å². The van der Waals surface area contributed by atoms with Gasteiger partial charge in [0.2, 0.25) is 0 Å². The zero-order valence-electron chi connectivity index (χ0n) is 22.6. The van der Waals surface area contributed by atoms with Gasteiger partial charge in [-0.05, 0) is 78.3 Å². The van der Waals surface area contributed by atoms with Gasteiger partial charge in [0.25, 0.3) is 0 Å². The van der Waals surface area contributed by atoms with Gasteiger partial charge >= 0.3 is 5.97 Å². The second-order valence-corrected chi connectivity index (χ2v) is 11.6. The van der Waals surface area contributed by atoms with Crippen molar-refractivity contribution in [1.29, 1.82) is 0 Å². The van der Waals surface area contributed by atoms with E-state index in [9.17, 15) is 19.1 Å². The Morgan fingerprint density at radius 3 is 2.47 bits per heavy atom. The summed E-state index contributed by atoms with van der Waals surface area (Å²) >= 11 is 0. The number of carbonyl (C=O) groups is 2. The fourth-order valence-electron chi connectivity index (χ4n) is 5.41. The Hall–Kier alpha value is -2.69. The average molecular weight is 497 g/mol. The molecule has 0 heterocycles. The minimum Gasteiger partial charge on any atom is -0.490 e. The van der Waals surface area contributed by atoms with E-state index in [4.69, 9.17) is 4.74 Å². The number of ether oxygens (including phenoxy) is 1. The van der Waals surface area contributed by atoms with E-state index >= 15 is 0 Å². The Balaban J connectivity index is 1.78. The van der Waals surface area contributed by atoms with Crippen molar-refractivity contribution in [2.45, 2.75) is 92.1 Å². The van der Waals surface area contributed by atoms with Gasteiger partial charge in [0.15, 0.2) is 0 Å². The van der Waals surface area contributed by atoms with Crippen molar-refractivity contribution >= 4 is 11.8 Å². The molecule has 0 radical (unpaired) electrons. The number of carboxylic acid groups (broad SMARTS) is 1. The maximum absolute atomic E-state index is 14.8. The van der Waals surface area contributed by atoms with Crippen molar-refractivity contribution in [3.8, 4) is 16.9 Å². The highest BCUT2D eigenvalue weighted by atomic mass is 19.1. The number of carbonyl (C=O) groups excluding carboxylic acids is 1. The molecule has 0 aliphatic heterocycles. The SMILES string of the molecule is CCC(C)(C)CC(C)C(=O)C[C@@H]1CC[C@@H](Oc2ccc(C(=O)O)cc2-c2cccc(F)c2C(C)C)C1. The van der Waals surface area contributed by atoms with Gasteiger partial charge in [0.05, 0.1) is 11.7 Å². The molecule has 196 valence electrons. The molecule has 0 aromatic heterocycles. The number of rotatable bonds is 11. The number of aromatic carboxylic acids is 1. The van der Waals surface area contributed by atoms with Crippen LogP contribution in [0.1, 0.15) is 102 Å². The highest BCUT2D eigenvalue weighted by Crippen LogP contribution is 2.40. The summed E-state index contributed by atoms with van der Waals surface area (Å²) in [5.41, 5.74) is 2.09. The molecular weight excluding hydrogens is 455 g/mol. The molecule has 1 aliphatic carbocycles. The molecule has 1 N–H and O–H groups in total. The molecule has 1 unspecified atom stereocenters. The predicted molar refractivity (Wildman–Crippen MR) is 142 cm³/mol. The number of ketones is 1. The minimum absolute atomic E-state index is 0.0533. The summed E-state index contributed by atoms with van der Waals surface area (Å²) in [7, 11) is 0. The summed E-state index contributed by atoms with van der Waals surface area (Å²) in [6, 6.07) is 9.68. The lowest BCUT2D eigenvalue weighted by Gasteiger charge is -2.26. The van der Waals surface area contributed by atoms with E-state index in [1.54, 1.807) is 18.2 Å². The van der Waals surface area contributed by atoms with E-state index < -0.39 is 5.97 Å². The molecule has 36 heavy (non-hydrogen) atoms. The van der Waals surface area contributed by atoms with E-state index in [1.807, 2.05) is 26.8 Å². The largest absolute Gasteiger partial charge is 0.490 e. The van der Waals surface area contributed by atoms with Crippen LogP contribution in [0, 0.1) is 23.1 Å². The summed E-state index contributed by atoms with van der Waals surface area (Å²) in [5, 5.41) is 9.57. The van der Waals surface area contributed by atoms with Crippen molar-refractivity contribution in [3.05, 3.63) is 53.3 Å². The molecule has 0 bridgehead atoms. The fourth-order valence-corrected chi connectivity index (χ4v) is 5.41. The molecule has 2 aromatic carbocycles. The van der Waals surface area contributed by atoms with E-state index in [-0.39, 0.29) is 40.7 Å². The number of benzene rings is 2. The maximum Gasteiger partial charge on any atom is 0.335 e. The Morgan fingerprint density at radius 2 is 1.83 bits per heavy atom. The van der Waals surface area contributed by atoms with Crippen LogP contribution in [0.2, 0.25) is 0 Å². The highest BCUT2D eigenvalue weighted by Gasteiger charge is 2.31. The smallest absolute Gasteiger partial charge is 0.335 e. The Morgan fingerprint density at radius 1 is 1.11 bits per heavy atom. The Bertz CT molecular complexity index is 1090. The normalized spacial score (nSPS) is 18.9. The van der Waals surface area contributed by atoms with Crippen LogP contribution in [0.25, 0.3) is 11.1 Å². The summed E-state index contributed by atoms with van der Waals surface area (Å²) in [6.45, 7) is 12.5. The molecule has 0 spiro atoms. The lowest BCUT2D eigenvalue weighted by molar-refractivity contribution is -0.124. The topological polar surface area (TPSA) is 63.6 Å². The first-order chi connectivity index (χ1) is 16.9. The number of hydrogen-bond donors (Lipinski definition) is 1. The van der Waals surface area contributed by atoms with E-state index in [2.05, 4.69) is 20.8 Å². The lowest BCUT2D eigenvalue weighted by atomic mass is 9.78. The van der Waals surface area contributed by atoms with Gasteiger partial charge < -0.3 is 9.84 Å². The highest BCUT2D eigenvalue weighted by molar-refractivity contribution is 5.91. The van der Waals surface area contributed by atoms with Crippen molar-refractivity contribution in [1.82, 2.24) is 0 Å². The molecule has 0 amide bonds. The third kappa shape index (κ3) is 6.74. The number of carboxylic acids is 1. The molecule has 3 atom stereocenters. The molecular formula is C31H41FO4. The second-order valence-electron chi connectivity index (χ2n) is 11.6. The monoisotopic (exact) mass is 496 g/mol. The standard InChI is InChI=1S/C31H41FO4/c1-7-31(5,6)18-20(4)27(33)16-21-11-13-23(15-21)36-28-14-12-22(30(34)35)17-25(28)24-9-8-10-26(32)29(24)19(2)3/h8-10,12,14,17,19-21,23H,7,11,13,15-16,18H2,1-6H3,(H,34,35)/t20?,21-,23-/m1/s1. The van der Waals surface area contributed by atoms with Crippen molar-refractivity contribution in [2.24, 2.45) is 17.3 Å². The lowest BCUT2D eigenvalue weighted by Crippen LogP contribution is -2.22. The van der Waals surface area contributed by atoms with Gasteiger partial charge in [0, 0.05) is 17.9 Å². The average Bonchev–Trinajstić information content (AvgIpc) is 3.25. The van der Waals surface area contributed by atoms with Crippen LogP contribution in [0.4, 0.5) is 4.39 Å². The van der Waals surface area contributed by atoms with Gasteiger partial charge in [-0.3, -0.25) is 4.79 Å². The second kappa shape index (κ2) is 11.6. The van der Waals surface area contributed by atoms with Crippen LogP contribution < -0.4 is 4.74 Å². The first-order valence-electron chi connectivity index (χ1n) is 13.3. The van der Waals surface area contributed by atoms with Gasteiger partial charge in [0.1, 0.15) is 17.3 Å². The molecule has 1 aliphatic rings. The Labute approximate surface area is 215 Å². The minimum atomic E-state index is -1.04. The van der Waals surface area contributed by atoms with Crippen molar-refractivity contribution in [3.63, 3.8) is 0 Å². The van der Waals surface area contributed by atoms with Crippen LogP contribution in [0.5, 0.6) is 5.75 Å². The zero-order valence-corrected chi connectivity index (χ0v) is 22.6. The van der Waals surface area contributed by atoms with Crippen LogP contribution in [-0.4, -0.2) is 23.0 Å². The van der Waals surface area contributed by atoms with Crippen molar-refractivity contribution < 1.29 is 23.8 Å².